The normalized spacial score (nSPS) is 10.8. The Morgan fingerprint density at radius 3 is 2.10 bits per heavy atom. The Balaban J connectivity index is 4.41. The Morgan fingerprint density at radius 2 is 1.65 bits per heavy atom. The lowest BCUT2D eigenvalue weighted by Crippen LogP contribution is -2.42. The van der Waals surface area contributed by atoms with E-state index in [2.05, 4.69) is 0 Å². The van der Waals surface area contributed by atoms with Crippen molar-refractivity contribution in [2.45, 2.75) is 33.1 Å². The molecule has 0 aromatic rings. The van der Waals surface area contributed by atoms with Gasteiger partial charge in [-0.15, -0.1) is 0 Å². The molecule has 0 rings (SSSR count). The van der Waals surface area contributed by atoms with Gasteiger partial charge in [0, 0.05) is 33.3 Å². The summed E-state index contributed by atoms with van der Waals surface area (Å²) in [6.07, 6.45) is 1.90. The summed E-state index contributed by atoms with van der Waals surface area (Å²) >= 11 is 0. The van der Waals surface area contributed by atoms with Crippen LogP contribution in [0.1, 0.15) is 33.1 Å². The number of nitrogens with zero attached hydrogens (tertiary/aromatic N) is 2. The molecular formula is C14H28N2O4. The molecule has 0 aromatic heterocycles. The van der Waals surface area contributed by atoms with Crippen LogP contribution in [0.3, 0.4) is 0 Å². The van der Waals surface area contributed by atoms with Gasteiger partial charge in [-0.05, 0) is 12.8 Å². The van der Waals surface area contributed by atoms with Crippen LogP contribution < -0.4 is 0 Å². The SMILES string of the molecule is CCCN(CCC)C(=O)CN(CCOC)CCC(=O)O. The average Bonchev–Trinajstić information content (AvgIpc) is 2.41. The number of carboxylic acid groups (broad SMARTS) is 1. The first-order valence-corrected chi connectivity index (χ1v) is 7.25. The van der Waals surface area contributed by atoms with Crippen LogP contribution in [0.15, 0.2) is 0 Å². The maximum atomic E-state index is 12.2. The molecule has 0 unspecified atom stereocenters. The second kappa shape index (κ2) is 11.7. The molecule has 1 amide bonds. The van der Waals surface area contributed by atoms with Crippen LogP contribution in [0.5, 0.6) is 0 Å². The largest absolute Gasteiger partial charge is 0.481 e. The van der Waals surface area contributed by atoms with Crippen LogP contribution >= 0.6 is 0 Å². The summed E-state index contributed by atoms with van der Waals surface area (Å²) in [5.74, 6) is -0.783. The molecule has 118 valence electrons. The second-order valence-electron chi connectivity index (χ2n) is 4.79. The first-order chi connectivity index (χ1) is 9.54. The Hall–Kier alpha value is -1.14. The van der Waals surface area contributed by atoms with E-state index >= 15 is 0 Å². The fourth-order valence-corrected chi connectivity index (χ4v) is 1.94. The van der Waals surface area contributed by atoms with E-state index in [9.17, 15) is 9.59 Å². The summed E-state index contributed by atoms with van der Waals surface area (Å²) in [5, 5.41) is 8.75. The van der Waals surface area contributed by atoms with Crippen molar-refractivity contribution < 1.29 is 19.4 Å². The van der Waals surface area contributed by atoms with E-state index in [-0.39, 0.29) is 18.9 Å². The monoisotopic (exact) mass is 288 g/mol. The minimum absolute atomic E-state index is 0.0402. The van der Waals surface area contributed by atoms with Crippen molar-refractivity contribution in [3.8, 4) is 0 Å². The van der Waals surface area contributed by atoms with Crippen molar-refractivity contribution >= 4 is 11.9 Å². The molecule has 20 heavy (non-hydrogen) atoms. The zero-order chi connectivity index (χ0) is 15.4. The van der Waals surface area contributed by atoms with Crippen LogP contribution in [0.25, 0.3) is 0 Å². The van der Waals surface area contributed by atoms with E-state index in [4.69, 9.17) is 9.84 Å². The minimum Gasteiger partial charge on any atom is -0.481 e. The molecule has 0 aromatic carbocycles. The number of methoxy groups -OCH3 is 1. The third kappa shape index (κ3) is 8.87. The predicted molar refractivity (Wildman–Crippen MR) is 77.7 cm³/mol. The average molecular weight is 288 g/mol. The molecule has 0 fully saturated rings. The highest BCUT2D eigenvalue weighted by Crippen LogP contribution is 2.00. The molecule has 6 heteroatoms. The van der Waals surface area contributed by atoms with Crippen molar-refractivity contribution in [2.24, 2.45) is 0 Å². The number of ether oxygens (including phenoxy) is 1. The number of carbonyl (C=O) groups is 2. The van der Waals surface area contributed by atoms with Gasteiger partial charge in [0.2, 0.25) is 5.91 Å². The summed E-state index contributed by atoms with van der Waals surface area (Å²) in [4.78, 5) is 26.6. The first-order valence-electron chi connectivity index (χ1n) is 7.25. The van der Waals surface area contributed by atoms with Crippen molar-refractivity contribution in [2.75, 3.05) is 46.4 Å². The minimum atomic E-state index is -0.848. The number of amides is 1. The molecule has 0 saturated heterocycles. The topological polar surface area (TPSA) is 70.1 Å². The van der Waals surface area contributed by atoms with Gasteiger partial charge in [-0.25, -0.2) is 0 Å². The lowest BCUT2D eigenvalue weighted by Gasteiger charge is -2.26. The van der Waals surface area contributed by atoms with Gasteiger partial charge in [-0.1, -0.05) is 13.8 Å². The maximum Gasteiger partial charge on any atom is 0.304 e. The fourth-order valence-electron chi connectivity index (χ4n) is 1.94. The lowest BCUT2D eigenvalue weighted by atomic mass is 10.3. The quantitative estimate of drug-likeness (QED) is 0.581. The van der Waals surface area contributed by atoms with Gasteiger partial charge >= 0.3 is 5.97 Å². The standard InChI is InChI=1S/C14H28N2O4/c1-4-7-16(8-5-2)13(17)12-15(10-11-20-3)9-6-14(18)19/h4-12H2,1-3H3,(H,18,19). The predicted octanol–water partition coefficient (Wildman–Crippen LogP) is 1.06. The van der Waals surface area contributed by atoms with E-state index in [1.807, 2.05) is 23.6 Å². The van der Waals surface area contributed by atoms with Crippen LogP contribution in [-0.4, -0.2) is 73.2 Å². The molecule has 0 atom stereocenters. The number of rotatable bonds is 12. The highest BCUT2D eigenvalue weighted by atomic mass is 16.5. The van der Waals surface area contributed by atoms with Crippen LogP contribution in [0, 0.1) is 0 Å². The van der Waals surface area contributed by atoms with Gasteiger partial charge in [-0.3, -0.25) is 14.5 Å². The Bertz CT molecular complexity index is 278. The van der Waals surface area contributed by atoms with E-state index in [0.29, 0.717) is 19.7 Å². The van der Waals surface area contributed by atoms with Crippen molar-refractivity contribution in [1.29, 1.82) is 0 Å². The van der Waals surface area contributed by atoms with Crippen LogP contribution in [0.4, 0.5) is 0 Å². The van der Waals surface area contributed by atoms with E-state index < -0.39 is 5.97 Å². The molecule has 0 saturated carbocycles. The lowest BCUT2D eigenvalue weighted by molar-refractivity contribution is -0.138. The van der Waals surface area contributed by atoms with Gasteiger partial charge in [0.15, 0.2) is 0 Å². The zero-order valence-corrected chi connectivity index (χ0v) is 12.9. The molecule has 0 radical (unpaired) electrons. The van der Waals surface area contributed by atoms with Gasteiger partial charge in [-0.2, -0.15) is 0 Å². The first kappa shape index (κ1) is 18.9. The van der Waals surface area contributed by atoms with Crippen LogP contribution in [-0.2, 0) is 14.3 Å². The number of hydrogen-bond donors (Lipinski definition) is 1. The summed E-state index contributed by atoms with van der Waals surface area (Å²) in [7, 11) is 1.59. The molecule has 1 N–H and O–H groups in total. The van der Waals surface area contributed by atoms with Gasteiger partial charge in [0.05, 0.1) is 19.6 Å². The van der Waals surface area contributed by atoms with Crippen LogP contribution in [0.2, 0.25) is 0 Å². The van der Waals surface area contributed by atoms with Crippen molar-refractivity contribution in [3.63, 3.8) is 0 Å². The molecule has 0 heterocycles. The molecule has 0 aliphatic rings. The molecule has 0 spiro atoms. The van der Waals surface area contributed by atoms with E-state index in [1.54, 1.807) is 7.11 Å². The van der Waals surface area contributed by atoms with Crippen molar-refractivity contribution in [3.05, 3.63) is 0 Å². The highest BCUT2D eigenvalue weighted by molar-refractivity contribution is 5.78. The Labute approximate surface area is 121 Å². The molecule has 0 bridgehead atoms. The molecule has 0 aliphatic carbocycles. The fraction of sp³-hybridized carbons (Fsp3) is 0.857. The van der Waals surface area contributed by atoms with Gasteiger partial charge < -0.3 is 14.7 Å². The Morgan fingerprint density at radius 1 is 1.05 bits per heavy atom. The van der Waals surface area contributed by atoms with E-state index in [0.717, 1.165) is 25.9 Å². The number of hydrogen-bond acceptors (Lipinski definition) is 4. The molecule has 6 nitrogen and oxygen atoms in total. The summed E-state index contributed by atoms with van der Waals surface area (Å²) in [5.41, 5.74) is 0. The highest BCUT2D eigenvalue weighted by Gasteiger charge is 2.16. The number of aliphatic carboxylic acids is 1. The van der Waals surface area contributed by atoms with Gasteiger partial charge in [0.1, 0.15) is 0 Å². The molecule has 0 aliphatic heterocycles. The van der Waals surface area contributed by atoms with Crippen molar-refractivity contribution in [1.82, 2.24) is 9.80 Å². The second-order valence-corrected chi connectivity index (χ2v) is 4.79. The summed E-state index contributed by atoms with van der Waals surface area (Å²) in [6.45, 7) is 7.29. The number of carboxylic acids is 1. The number of carbonyl (C=O) groups excluding carboxylic acids is 1. The maximum absolute atomic E-state index is 12.2. The smallest absolute Gasteiger partial charge is 0.304 e. The third-order valence-electron chi connectivity index (χ3n) is 2.95. The Kier molecular flexibility index (Phi) is 11.0. The molecular weight excluding hydrogens is 260 g/mol. The zero-order valence-electron chi connectivity index (χ0n) is 12.9. The van der Waals surface area contributed by atoms with E-state index in [1.165, 1.54) is 0 Å². The third-order valence-corrected chi connectivity index (χ3v) is 2.95. The summed E-state index contributed by atoms with van der Waals surface area (Å²) in [6, 6.07) is 0. The van der Waals surface area contributed by atoms with Gasteiger partial charge in [0.25, 0.3) is 0 Å². The summed E-state index contributed by atoms with van der Waals surface area (Å²) < 4.78 is 5.00.